The molecule has 78 valence electrons. The Morgan fingerprint density at radius 1 is 1.57 bits per heavy atom. The molecule has 2 heterocycles. The minimum Gasteiger partial charge on any atom is -0.384 e. The fraction of sp³-hybridized carbons (Fsp3) is 0.778. The van der Waals surface area contributed by atoms with E-state index < -0.39 is 11.7 Å². The van der Waals surface area contributed by atoms with Crippen LogP contribution in [0.15, 0.2) is 4.52 Å². The average Bonchev–Trinajstić information content (AvgIpc) is 2.71. The molecule has 2 atom stereocenters. The molecule has 1 fully saturated rings. The molecule has 1 aromatic rings. The molecule has 1 unspecified atom stereocenters. The Labute approximate surface area is 82.1 Å². The lowest BCUT2D eigenvalue weighted by Gasteiger charge is -2.17. The summed E-state index contributed by atoms with van der Waals surface area (Å²) < 4.78 is 10.5. The Morgan fingerprint density at radius 3 is 2.86 bits per heavy atom. The van der Waals surface area contributed by atoms with Crippen LogP contribution in [0.25, 0.3) is 0 Å². The smallest absolute Gasteiger partial charge is 0.255 e. The van der Waals surface area contributed by atoms with Crippen molar-refractivity contribution in [2.24, 2.45) is 0 Å². The van der Waals surface area contributed by atoms with E-state index in [1.54, 1.807) is 6.92 Å². The molecule has 0 spiro atoms. The van der Waals surface area contributed by atoms with E-state index in [4.69, 9.17) is 9.26 Å². The van der Waals surface area contributed by atoms with E-state index in [9.17, 15) is 5.11 Å². The lowest BCUT2D eigenvalue weighted by atomic mass is 10.0. The van der Waals surface area contributed by atoms with Gasteiger partial charge in [-0.2, -0.15) is 4.98 Å². The molecule has 1 N–H and O–H groups in total. The normalized spacial score (nSPS) is 29.4. The van der Waals surface area contributed by atoms with Crippen LogP contribution in [0.4, 0.5) is 0 Å². The molecule has 2 rings (SSSR count). The summed E-state index contributed by atoms with van der Waals surface area (Å²) in [7, 11) is 0. The topological polar surface area (TPSA) is 68.4 Å². The van der Waals surface area contributed by atoms with E-state index in [2.05, 4.69) is 10.1 Å². The van der Waals surface area contributed by atoms with Crippen LogP contribution in [0.2, 0.25) is 0 Å². The van der Waals surface area contributed by atoms with E-state index in [-0.39, 0.29) is 5.89 Å². The molecule has 0 amide bonds. The van der Waals surface area contributed by atoms with E-state index >= 15 is 0 Å². The van der Waals surface area contributed by atoms with Crippen LogP contribution in [0.1, 0.15) is 44.5 Å². The molecular formula is C9H14N2O3. The van der Waals surface area contributed by atoms with Crippen molar-refractivity contribution in [3.63, 3.8) is 0 Å². The maximum Gasteiger partial charge on any atom is 0.255 e. The number of rotatable bonds is 2. The summed E-state index contributed by atoms with van der Waals surface area (Å²) in [6, 6.07) is 0. The highest BCUT2D eigenvalue weighted by molar-refractivity contribution is 5.02. The number of nitrogens with zero attached hydrogens (tertiary/aromatic N) is 2. The largest absolute Gasteiger partial charge is 0.384 e. The highest BCUT2D eigenvalue weighted by Gasteiger charge is 2.36. The first-order chi connectivity index (χ1) is 6.62. The second-order valence-electron chi connectivity index (χ2n) is 3.82. The summed E-state index contributed by atoms with van der Waals surface area (Å²) in [4.78, 5) is 4.11. The summed E-state index contributed by atoms with van der Waals surface area (Å²) in [5.74, 6) is 0.780. The van der Waals surface area contributed by atoms with Crippen molar-refractivity contribution in [2.75, 3.05) is 6.61 Å². The minimum absolute atomic E-state index is 0.247. The van der Waals surface area contributed by atoms with Crippen LogP contribution < -0.4 is 0 Å². The van der Waals surface area contributed by atoms with Crippen LogP contribution >= 0.6 is 0 Å². The number of aliphatic hydroxyl groups excluding tert-OH is 1. The summed E-state index contributed by atoms with van der Waals surface area (Å²) >= 11 is 0. The second-order valence-corrected chi connectivity index (χ2v) is 3.82. The molecular weight excluding hydrogens is 184 g/mol. The van der Waals surface area contributed by atoms with Gasteiger partial charge in [0.25, 0.3) is 5.89 Å². The van der Waals surface area contributed by atoms with Crippen LogP contribution in [0.5, 0.6) is 0 Å². The molecule has 0 saturated carbocycles. The summed E-state index contributed by atoms with van der Waals surface area (Å²) in [5.41, 5.74) is -0.434. The Morgan fingerprint density at radius 2 is 2.36 bits per heavy atom. The molecule has 0 aromatic carbocycles. The van der Waals surface area contributed by atoms with Gasteiger partial charge in [0.15, 0.2) is 0 Å². The van der Waals surface area contributed by atoms with Gasteiger partial charge in [-0.15, -0.1) is 0 Å². The van der Waals surface area contributed by atoms with Crippen LogP contribution in [0, 0.1) is 0 Å². The van der Waals surface area contributed by atoms with Gasteiger partial charge in [0, 0.05) is 6.61 Å². The van der Waals surface area contributed by atoms with Crippen LogP contribution in [0.3, 0.4) is 0 Å². The van der Waals surface area contributed by atoms with E-state index in [0.29, 0.717) is 5.82 Å². The predicted octanol–water partition coefficient (Wildman–Crippen LogP) is 1.15. The van der Waals surface area contributed by atoms with Gasteiger partial charge in [-0.05, 0) is 26.7 Å². The first-order valence-corrected chi connectivity index (χ1v) is 4.78. The number of hydrogen-bond donors (Lipinski definition) is 1. The average molecular weight is 198 g/mol. The predicted molar refractivity (Wildman–Crippen MR) is 47.5 cm³/mol. The molecule has 1 saturated heterocycles. The SMILES string of the molecule is C[C@H](O)c1nc(C2(C)CCCO2)no1. The molecule has 1 aromatic heterocycles. The van der Waals surface area contributed by atoms with Crippen molar-refractivity contribution < 1.29 is 14.4 Å². The zero-order valence-electron chi connectivity index (χ0n) is 8.36. The van der Waals surface area contributed by atoms with Crippen molar-refractivity contribution in [1.82, 2.24) is 10.1 Å². The zero-order valence-corrected chi connectivity index (χ0v) is 8.36. The van der Waals surface area contributed by atoms with E-state index in [0.717, 1.165) is 19.4 Å². The zero-order chi connectivity index (χ0) is 10.2. The fourth-order valence-corrected chi connectivity index (χ4v) is 1.58. The molecule has 14 heavy (non-hydrogen) atoms. The third-order valence-corrected chi connectivity index (χ3v) is 2.49. The van der Waals surface area contributed by atoms with Crippen molar-refractivity contribution in [1.29, 1.82) is 0 Å². The van der Waals surface area contributed by atoms with Gasteiger partial charge >= 0.3 is 0 Å². The first-order valence-electron chi connectivity index (χ1n) is 4.78. The second kappa shape index (κ2) is 3.33. The number of hydrogen-bond acceptors (Lipinski definition) is 5. The summed E-state index contributed by atoms with van der Waals surface area (Å²) in [6.07, 6.45) is 1.18. The van der Waals surface area contributed by atoms with Gasteiger partial charge in [-0.25, -0.2) is 0 Å². The fourth-order valence-electron chi connectivity index (χ4n) is 1.58. The maximum absolute atomic E-state index is 9.23. The Kier molecular flexibility index (Phi) is 2.28. The quantitative estimate of drug-likeness (QED) is 0.772. The molecule has 0 radical (unpaired) electrons. The highest BCUT2D eigenvalue weighted by Crippen LogP contribution is 2.33. The lowest BCUT2D eigenvalue weighted by molar-refractivity contribution is 0.00767. The Hall–Kier alpha value is -0.940. The van der Waals surface area contributed by atoms with Crippen molar-refractivity contribution >= 4 is 0 Å². The van der Waals surface area contributed by atoms with Crippen molar-refractivity contribution in [3.8, 4) is 0 Å². The first kappa shape index (κ1) is 9.61. The molecule has 5 nitrogen and oxygen atoms in total. The number of aromatic nitrogens is 2. The van der Waals surface area contributed by atoms with Gasteiger partial charge in [-0.1, -0.05) is 5.16 Å². The summed E-state index contributed by atoms with van der Waals surface area (Å²) in [5, 5.41) is 13.0. The molecule has 1 aliphatic rings. The number of ether oxygens (including phenoxy) is 1. The molecule has 1 aliphatic heterocycles. The lowest BCUT2D eigenvalue weighted by Crippen LogP contribution is -2.21. The van der Waals surface area contributed by atoms with Gasteiger partial charge in [0.2, 0.25) is 5.82 Å². The Balaban J connectivity index is 2.23. The van der Waals surface area contributed by atoms with Crippen LogP contribution in [-0.2, 0) is 10.3 Å². The standard InChI is InChI=1S/C9H14N2O3/c1-6(12)7-10-8(11-14-7)9(2)4-3-5-13-9/h6,12H,3-5H2,1-2H3/t6-,9?/m0/s1. The number of aliphatic hydroxyl groups is 1. The van der Waals surface area contributed by atoms with E-state index in [1.165, 1.54) is 0 Å². The molecule has 0 bridgehead atoms. The van der Waals surface area contributed by atoms with Crippen LogP contribution in [-0.4, -0.2) is 21.9 Å². The van der Waals surface area contributed by atoms with Crippen molar-refractivity contribution in [3.05, 3.63) is 11.7 Å². The van der Waals surface area contributed by atoms with Crippen molar-refractivity contribution in [2.45, 2.75) is 38.4 Å². The highest BCUT2D eigenvalue weighted by atomic mass is 16.5. The van der Waals surface area contributed by atoms with Gasteiger partial charge in [0.05, 0.1) is 0 Å². The third-order valence-electron chi connectivity index (χ3n) is 2.49. The van der Waals surface area contributed by atoms with Gasteiger partial charge in [-0.3, -0.25) is 0 Å². The Bertz CT molecular complexity index is 316. The molecule has 0 aliphatic carbocycles. The monoisotopic (exact) mass is 198 g/mol. The van der Waals surface area contributed by atoms with Gasteiger partial charge in [0.1, 0.15) is 11.7 Å². The summed E-state index contributed by atoms with van der Waals surface area (Å²) in [6.45, 7) is 4.26. The molecule has 5 heteroatoms. The van der Waals surface area contributed by atoms with E-state index in [1.807, 2.05) is 6.92 Å². The van der Waals surface area contributed by atoms with Gasteiger partial charge < -0.3 is 14.4 Å². The maximum atomic E-state index is 9.23. The minimum atomic E-state index is -0.721. The third kappa shape index (κ3) is 1.53.